The first kappa shape index (κ1) is 20.3. The summed E-state index contributed by atoms with van der Waals surface area (Å²) < 4.78 is 1.18. The summed E-state index contributed by atoms with van der Waals surface area (Å²) in [5.74, 6) is -0.245. The van der Waals surface area contributed by atoms with Gasteiger partial charge in [-0.1, -0.05) is 78.9 Å². The number of aromatic nitrogens is 2. The Bertz CT molecular complexity index is 1620. The van der Waals surface area contributed by atoms with Crippen LogP contribution in [0.2, 0.25) is 0 Å². The number of thiophene rings is 1. The number of para-hydroxylation sites is 1. The van der Waals surface area contributed by atoms with E-state index in [4.69, 9.17) is 0 Å². The van der Waals surface area contributed by atoms with Gasteiger partial charge in [-0.15, -0.1) is 11.3 Å². The highest BCUT2D eigenvalue weighted by Crippen LogP contribution is 2.32. The van der Waals surface area contributed by atoms with Crippen molar-refractivity contribution in [3.05, 3.63) is 118 Å². The van der Waals surface area contributed by atoms with Gasteiger partial charge in [0.25, 0.3) is 11.5 Å². The molecule has 0 bridgehead atoms. The maximum Gasteiger partial charge on any atom is 0.283 e. The van der Waals surface area contributed by atoms with Gasteiger partial charge in [-0.2, -0.15) is 9.78 Å². The first-order valence-electron chi connectivity index (χ1n) is 10.8. The van der Waals surface area contributed by atoms with E-state index in [0.717, 1.165) is 22.4 Å². The molecule has 2 aromatic heterocycles. The van der Waals surface area contributed by atoms with Gasteiger partial charge in [0.1, 0.15) is 11.2 Å². The third-order valence-electron chi connectivity index (χ3n) is 5.85. The maximum atomic E-state index is 13.5. The number of benzene rings is 3. The number of anilines is 1. The Morgan fingerprint density at radius 2 is 1.53 bits per heavy atom. The minimum atomic E-state index is -0.301. The summed E-state index contributed by atoms with van der Waals surface area (Å²) in [7, 11) is 0. The van der Waals surface area contributed by atoms with Gasteiger partial charge in [0.2, 0.25) is 0 Å². The van der Waals surface area contributed by atoms with E-state index >= 15 is 0 Å². The predicted molar refractivity (Wildman–Crippen MR) is 135 cm³/mol. The van der Waals surface area contributed by atoms with Crippen LogP contribution in [0, 0.1) is 0 Å². The molecule has 6 nitrogen and oxygen atoms in total. The fourth-order valence-electron chi connectivity index (χ4n) is 4.21. The summed E-state index contributed by atoms with van der Waals surface area (Å²) in [4.78, 5) is 33.7. The summed E-state index contributed by atoms with van der Waals surface area (Å²) in [6.07, 6.45) is 1.39. The van der Waals surface area contributed by atoms with Crippen LogP contribution in [0.15, 0.2) is 107 Å². The Hall–Kier alpha value is -4.36. The van der Waals surface area contributed by atoms with Crippen LogP contribution in [0.25, 0.3) is 21.3 Å². The van der Waals surface area contributed by atoms with Crippen LogP contribution in [0.3, 0.4) is 0 Å². The van der Waals surface area contributed by atoms with E-state index in [1.54, 1.807) is 4.90 Å². The van der Waals surface area contributed by atoms with Crippen molar-refractivity contribution < 1.29 is 4.79 Å². The van der Waals surface area contributed by atoms with E-state index in [1.165, 1.54) is 22.3 Å². The first-order chi connectivity index (χ1) is 16.7. The minimum absolute atomic E-state index is 0.228. The predicted octanol–water partition coefficient (Wildman–Crippen LogP) is 4.92. The normalized spacial score (nSPS) is 14.2. The Morgan fingerprint density at radius 1 is 0.824 bits per heavy atom. The molecule has 0 aliphatic carbocycles. The molecular formula is C27H18N4O2S. The van der Waals surface area contributed by atoms with Crippen molar-refractivity contribution in [1.29, 1.82) is 0 Å². The van der Waals surface area contributed by atoms with Gasteiger partial charge in [0.05, 0.1) is 17.6 Å². The highest BCUT2D eigenvalue weighted by molar-refractivity contribution is 7.17. The molecule has 0 unspecified atom stereocenters. The molecule has 1 aliphatic rings. The monoisotopic (exact) mass is 462 g/mol. The molecule has 0 spiro atoms. The second kappa shape index (κ2) is 8.20. The van der Waals surface area contributed by atoms with Gasteiger partial charge < -0.3 is 4.90 Å². The maximum absolute atomic E-state index is 13.5. The van der Waals surface area contributed by atoms with Crippen molar-refractivity contribution in [2.45, 2.75) is 6.54 Å². The summed E-state index contributed by atoms with van der Waals surface area (Å²) in [5.41, 5.74) is 4.17. The molecule has 5 aromatic rings. The summed E-state index contributed by atoms with van der Waals surface area (Å²) in [5, 5.41) is 6.94. The molecule has 0 atom stereocenters. The number of rotatable bonds is 4. The lowest BCUT2D eigenvalue weighted by Gasteiger charge is -2.16. The van der Waals surface area contributed by atoms with E-state index in [2.05, 4.69) is 10.1 Å². The van der Waals surface area contributed by atoms with Crippen molar-refractivity contribution in [3.8, 4) is 11.1 Å². The summed E-state index contributed by atoms with van der Waals surface area (Å²) in [6.45, 7) is 0.421. The Kier molecular flexibility index (Phi) is 4.89. The Balaban J connectivity index is 1.47. The summed E-state index contributed by atoms with van der Waals surface area (Å²) in [6, 6.07) is 27.0. The van der Waals surface area contributed by atoms with Crippen molar-refractivity contribution in [3.63, 3.8) is 0 Å². The molecule has 0 fully saturated rings. The molecule has 6 rings (SSSR count). The number of amides is 1. The fourth-order valence-corrected chi connectivity index (χ4v) is 5.12. The molecule has 1 aliphatic heterocycles. The largest absolute Gasteiger partial charge is 0.302 e. The first-order valence-corrected chi connectivity index (χ1v) is 11.7. The van der Waals surface area contributed by atoms with E-state index in [-0.39, 0.29) is 17.2 Å². The minimum Gasteiger partial charge on any atom is -0.302 e. The zero-order valence-electron chi connectivity index (χ0n) is 18.0. The average Bonchev–Trinajstić information content (AvgIpc) is 3.43. The topological polar surface area (TPSA) is 67.6 Å². The van der Waals surface area contributed by atoms with Crippen LogP contribution in [0.1, 0.15) is 11.1 Å². The molecular weight excluding hydrogens is 444 g/mol. The van der Waals surface area contributed by atoms with Crippen molar-refractivity contribution in [2.24, 2.45) is 5.10 Å². The van der Waals surface area contributed by atoms with Gasteiger partial charge in [-0.3, -0.25) is 9.59 Å². The smallest absolute Gasteiger partial charge is 0.283 e. The van der Waals surface area contributed by atoms with Crippen molar-refractivity contribution in [1.82, 2.24) is 9.66 Å². The standard InChI is InChI=1S/C27H18N4O2S/c32-26-23-21(19-11-5-2-6-12-19)16-34-25(23)28-17-31(26)29-24-20-13-7-8-14-22(20)30(27(24)33)15-18-9-3-1-4-10-18/h1-14,16-17H,15H2/b29-24-. The van der Waals surface area contributed by atoms with E-state index < -0.39 is 0 Å². The van der Waals surface area contributed by atoms with Gasteiger partial charge in [0, 0.05) is 16.5 Å². The zero-order valence-corrected chi connectivity index (χ0v) is 18.8. The Morgan fingerprint density at radius 3 is 2.32 bits per heavy atom. The zero-order chi connectivity index (χ0) is 23.1. The van der Waals surface area contributed by atoms with Crippen LogP contribution in [0.4, 0.5) is 5.69 Å². The van der Waals surface area contributed by atoms with Crippen LogP contribution >= 0.6 is 11.3 Å². The number of nitrogens with zero attached hydrogens (tertiary/aromatic N) is 4. The third kappa shape index (κ3) is 3.34. The number of fused-ring (bicyclic) bond motifs is 2. The van der Waals surface area contributed by atoms with E-state index in [9.17, 15) is 9.59 Å². The van der Waals surface area contributed by atoms with E-state index in [0.29, 0.717) is 22.3 Å². The van der Waals surface area contributed by atoms with Gasteiger partial charge >= 0.3 is 0 Å². The SMILES string of the molecule is O=C1/C(=N\n2cnc3scc(-c4ccccc4)c3c2=O)c2ccccc2N1Cc1ccccc1. The fraction of sp³-hybridized carbons (Fsp3) is 0.0370. The molecule has 7 heteroatoms. The molecule has 34 heavy (non-hydrogen) atoms. The second-order valence-corrected chi connectivity index (χ2v) is 8.79. The summed E-state index contributed by atoms with van der Waals surface area (Å²) >= 11 is 1.42. The molecule has 0 saturated heterocycles. The Labute approximate surface area is 199 Å². The molecule has 164 valence electrons. The number of carbonyl (C=O) groups excluding carboxylic acids is 1. The lowest BCUT2D eigenvalue weighted by Crippen LogP contribution is -2.30. The quantitative estimate of drug-likeness (QED) is 0.381. The van der Waals surface area contributed by atoms with Gasteiger partial charge in [-0.05, 0) is 17.2 Å². The second-order valence-electron chi connectivity index (χ2n) is 7.93. The lowest BCUT2D eigenvalue weighted by atomic mass is 10.1. The number of hydrogen-bond acceptors (Lipinski definition) is 5. The molecule has 1 amide bonds. The van der Waals surface area contributed by atoms with Crippen LogP contribution in [-0.4, -0.2) is 21.3 Å². The highest BCUT2D eigenvalue weighted by Gasteiger charge is 2.34. The van der Waals surface area contributed by atoms with Gasteiger partial charge in [0.15, 0.2) is 5.71 Å². The van der Waals surface area contributed by atoms with Crippen molar-refractivity contribution >= 4 is 38.9 Å². The molecule has 0 N–H and O–H groups in total. The lowest BCUT2D eigenvalue weighted by molar-refractivity contribution is -0.112. The van der Waals surface area contributed by atoms with E-state index in [1.807, 2.05) is 90.3 Å². The number of carbonyl (C=O) groups is 1. The molecule has 0 radical (unpaired) electrons. The average molecular weight is 463 g/mol. The van der Waals surface area contributed by atoms with Crippen LogP contribution < -0.4 is 10.5 Å². The highest BCUT2D eigenvalue weighted by atomic mass is 32.1. The molecule has 3 heterocycles. The van der Waals surface area contributed by atoms with Gasteiger partial charge in [-0.25, -0.2) is 4.98 Å². The van der Waals surface area contributed by atoms with Crippen molar-refractivity contribution in [2.75, 3.05) is 4.90 Å². The molecule has 3 aromatic carbocycles. The number of hydrogen-bond donors (Lipinski definition) is 0. The van der Waals surface area contributed by atoms with Crippen LogP contribution in [0.5, 0.6) is 0 Å². The van der Waals surface area contributed by atoms with Crippen LogP contribution in [-0.2, 0) is 11.3 Å². The molecule has 0 saturated carbocycles. The third-order valence-corrected chi connectivity index (χ3v) is 6.74.